The topological polar surface area (TPSA) is 12.0 Å². The number of hydrogen-bond acceptors (Lipinski definition) is 1. The fourth-order valence-electron chi connectivity index (χ4n) is 0.577. The van der Waals surface area contributed by atoms with E-state index < -0.39 is 0 Å². The third kappa shape index (κ3) is 32.5. The van der Waals surface area contributed by atoms with Crippen LogP contribution in [0, 0.1) is 0 Å². The van der Waals surface area contributed by atoms with Gasteiger partial charge in [0.1, 0.15) is 0 Å². The van der Waals surface area contributed by atoms with Crippen LogP contribution in [-0.4, -0.2) is 13.1 Å². The molecule has 0 saturated heterocycles. The molecule has 0 amide bonds. The summed E-state index contributed by atoms with van der Waals surface area (Å²) in [5.74, 6) is 0. The second kappa shape index (κ2) is 22.4. The zero-order chi connectivity index (χ0) is 10.4. The number of nitrogens with one attached hydrogen (secondary N) is 1. The van der Waals surface area contributed by atoms with E-state index in [1.807, 2.05) is 20.9 Å². The maximum absolute atomic E-state index is 3.17. The minimum absolute atomic E-state index is 0.699. The molecule has 0 aliphatic heterocycles. The van der Waals surface area contributed by atoms with E-state index in [1.165, 1.54) is 19.3 Å². The molecule has 0 aromatic carbocycles. The summed E-state index contributed by atoms with van der Waals surface area (Å²) in [6.07, 6.45) is 3.82. The molecular formula is C11H29N. The van der Waals surface area contributed by atoms with Crippen molar-refractivity contribution in [2.75, 3.05) is 7.05 Å². The molecule has 78 valence electrons. The van der Waals surface area contributed by atoms with Crippen LogP contribution in [-0.2, 0) is 0 Å². The van der Waals surface area contributed by atoms with E-state index in [-0.39, 0.29) is 0 Å². The van der Waals surface area contributed by atoms with Crippen LogP contribution in [0.15, 0.2) is 0 Å². The monoisotopic (exact) mass is 175 g/mol. The van der Waals surface area contributed by atoms with Crippen LogP contribution in [0.3, 0.4) is 0 Å². The molecule has 1 N–H and O–H groups in total. The van der Waals surface area contributed by atoms with Gasteiger partial charge < -0.3 is 5.32 Å². The van der Waals surface area contributed by atoms with Crippen molar-refractivity contribution < 1.29 is 0 Å². The second-order valence-corrected chi connectivity index (χ2v) is 2.69. The Labute approximate surface area is 80.0 Å². The summed E-state index contributed by atoms with van der Waals surface area (Å²) in [4.78, 5) is 0. The highest BCUT2D eigenvalue weighted by atomic mass is 14.8. The molecule has 1 heteroatoms. The van der Waals surface area contributed by atoms with Gasteiger partial charge in [-0.15, -0.1) is 0 Å². The average Bonchev–Trinajstić information content (AvgIpc) is 2.10. The lowest BCUT2D eigenvalue weighted by Gasteiger charge is -2.05. The minimum atomic E-state index is 0.699. The van der Waals surface area contributed by atoms with E-state index in [9.17, 15) is 0 Å². The first-order valence-electron chi connectivity index (χ1n) is 5.40. The van der Waals surface area contributed by atoms with Crippen molar-refractivity contribution in [3.05, 3.63) is 0 Å². The Kier molecular flexibility index (Phi) is 33.5. The lowest BCUT2D eigenvalue weighted by atomic mass is 10.2. The van der Waals surface area contributed by atoms with Crippen molar-refractivity contribution in [3.63, 3.8) is 0 Å². The molecular weight excluding hydrogens is 146 g/mol. The molecule has 0 bridgehead atoms. The zero-order valence-corrected chi connectivity index (χ0v) is 10.2. The van der Waals surface area contributed by atoms with Crippen LogP contribution in [0.1, 0.15) is 60.8 Å². The van der Waals surface area contributed by atoms with Gasteiger partial charge in [-0.2, -0.15) is 0 Å². The van der Waals surface area contributed by atoms with E-state index >= 15 is 0 Å². The van der Waals surface area contributed by atoms with Crippen molar-refractivity contribution in [1.29, 1.82) is 0 Å². The van der Waals surface area contributed by atoms with E-state index in [2.05, 4.69) is 33.0 Å². The molecule has 0 saturated carbocycles. The molecule has 1 nitrogen and oxygen atoms in total. The molecule has 0 heterocycles. The van der Waals surface area contributed by atoms with Gasteiger partial charge in [0.15, 0.2) is 0 Å². The summed E-state index contributed by atoms with van der Waals surface area (Å²) in [5.41, 5.74) is 0. The molecule has 12 heavy (non-hydrogen) atoms. The Hall–Kier alpha value is -0.0400. The van der Waals surface area contributed by atoms with Crippen LogP contribution in [0.4, 0.5) is 0 Å². The van der Waals surface area contributed by atoms with Crippen LogP contribution in [0.25, 0.3) is 0 Å². The second-order valence-electron chi connectivity index (χ2n) is 2.69. The van der Waals surface area contributed by atoms with E-state index in [0.717, 1.165) is 0 Å². The highest BCUT2D eigenvalue weighted by molar-refractivity contribution is 4.52. The quantitative estimate of drug-likeness (QED) is 0.687. The Morgan fingerprint density at radius 3 is 1.50 bits per heavy atom. The highest BCUT2D eigenvalue weighted by Gasteiger charge is 1.91. The minimum Gasteiger partial charge on any atom is -0.317 e. The smallest absolute Gasteiger partial charge is 0.00356 e. The van der Waals surface area contributed by atoms with Crippen LogP contribution >= 0.6 is 0 Å². The summed E-state index contributed by atoms with van der Waals surface area (Å²) < 4.78 is 0. The van der Waals surface area contributed by atoms with Gasteiger partial charge in [-0.3, -0.25) is 0 Å². The van der Waals surface area contributed by atoms with Crippen LogP contribution < -0.4 is 5.32 Å². The maximum atomic E-state index is 3.17. The third-order valence-corrected chi connectivity index (χ3v) is 1.21. The Morgan fingerprint density at radius 1 is 1.08 bits per heavy atom. The van der Waals surface area contributed by atoms with Crippen LogP contribution in [0.2, 0.25) is 0 Å². The lowest BCUT2D eigenvalue weighted by molar-refractivity contribution is 0.557. The van der Waals surface area contributed by atoms with Gasteiger partial charge in [0.2, 0.25) is 0 Å². The third-order valence-electron chi connectivity index (χ3n) is 1.21. The summed E-state index contributed by atoms with van der Waals surface area (Å²) >= 11 is 0. The fourth-order valence-corrected chi connectivity index (χ4v) is 0.577. The first-order valence-corrected chi connectivity index (χ1v) is 5.40. The molecule has 0 aromatic rings. The first kappa shape index (κ1) is 17.9. The molecule has 0 fully saturated rings. The lowest BCUT2D eigenvalue weighted by Crippen LogP contribution is -2.20. The first-order chi connectivity index (χ1) is 5.72. The molecule has 0 aliphatic rings. The molecule has 0 aliphatic carbocycles. The van der Waals surface area contributed by atoms with E-state index in [0.29, 0.717) is 6.04 Å². The molecule has 0 spiro atoms. The van der Waals surface area contributed by atoms with Gasteiger partial charge in [0, 0.05) is 6.04 Å². The SMILES string of the molecule is CC.CCC.CCCC(C)NC. The standard InChI is InChI=1S/C6H15N.C3H8.C2H6/c1-4-5-6(2)7-3;1-3-2;1-2/h6-7H,4-5H2,1-3H3;3H2,1-2H3;1-2H3. The van der Waals surface area contributed by atoms with Gasteiger partial charge in [-0.1, -0.05) is 47.5 Å². The number of rotatable bonds is 3. The predicted octanol–water partition coefficient (Wildman–Crippen LogP) is 3.84. The number of hydrogen-bond donors (Lipinski definition) is 1. The Balaban J connectivity index is -0.000000137. The molecule has 0 aromatic heterocycles. The van der Waals surface area contributed by atoms with Crippen molar-refractivity contribution in [1.82, 2.24) is 5.32 Å². The van der Waals surface area contributed by atoms with E-state index in [4.69, 9.17) is 0 Å². The Morgan fingerprint density at radius 2 is 1.42 bits per heavy atom. The van der Waals surface area contributed by atoms with Crippen molar-refractivity contribution in [2.24, 2.45) is 0 Å². The largest absolute Gasteiger partial charge is 0.317 e. The highest BCUT2D eigenvalue weighted by Crippen LogP contribution is 1.91. The Bertz CT molecular complexity index is 44.3. The molecule has 0 rings (SSSR count). The average molecular weight is 175 g/mol. The molecule has 0 radical (unpaired) electrons. The van der Waals surface area contributed by atoms with Crippen LogP contribution in [0.5, 0.6) is 0 Å². The summed E-state index contributed by atoms with van der Waals surface area (Å²) in [5, 5.41) is 3.17. The van der Waals surface area contributed by atoms with Gasteiger partial charge in [-0.05, 0) is 20.4 Å². The summed E-state index contributed by atoms with van der Waals surface area (Å²) in [6, 6.07) is 0.699. The normalized spacial score (nSPS) is 10.2. The van der Waals surface area contributed by atoms with Gasteiger partial charge in [-0.25, -0.2) is 0 Å². The van der Waals surface area contributed by atoms with E-state index in [1.54, 1.807) is 0 Å². The van der Waals surface area contributed by atoms with Crippen molar-refractivity contribution in [3.8, 4) is 0 Å². The molecule has 1 atom stereocenters. The maximum Gasteiger partial charge on any atom is 0.00356 e. The van der Waals surface area contributed by atoms with Gasteiger partial charge in [0.05, 0.1) is 0 Å². The summed E-state index contributed by atoms with van der Waals surface area (Å²) in [7, 11) is 2.00. The predicted molar refractivity (Wildman–Crippen MR) is 60.7 cm³/mol. The molecule has 1 unspecified atom stereocenters. The fraction of sp³-hybridized carbons (Fsp3) is 1.00. The van der Waals surface area contributed by atoms with Gasteiger partial charge >= 0.3 is 0 Å². The zero-order valence-electron chi connectivity index (χ0n) is 10.2. The van der Waals surface area contributed by atoms with Gasteiger partial charge in [0.25, 0.3) is 0 Å². The van der Waals surface area contributed by atoms with Crippen molar-refractivity contribution >= 4 is 0 Å². The van der Waals surface area contributed by atoms with Crippen molar-refractivity contribution in [2.45, 2.75) is 66.8 Å². The summed E-state index contributed by atoms with van der Waals surface area (Å²) in [6.45, 7) is 12.7.